The standard InChI is InChI=1S/C22H30N2O6S2/c1-16-7-3-5-9-21(16)31(26,27)23-14-13-18-11-12-19(20(15-25)30-18)24-32(28,29)22-10-6-4-8-17(22)2/h3-10,18-20,23-25H,11-15H2,1-2H3/t18-,19+,20+/m0/s1. The van der Waals surface area contributed by atoms with Crippen LogP contribution >= 0.6 is 0 Å². The fourth-order valence-corrected chi connectivity index (χ4v) is 6.73. The number of rotatable bonds is 9. The molecule has 0 aliphatic carbocycles. The van der Waals surface area contributed by atoms with Gasteiger partial charge in [0.25, 0.3) is 0 Å². The van der Waals surface area contributed by atoms with E-state index >= 15 is 0 Å². The molecular weight excluding hydrogens is 452 g/mol. The molecule has 10 heteroatoms. The van der Waals surface area contributed by atoms with Crippen LogP contribution in [0.3, 0.4) is 0 Å². The number of aryl methyl sites for hydroxylation is 2. The SMILES string of the molecule is Cc1ccccc1S(=O)(=O)NCC[C@@H]1CC[C@@H](NS(=O)(=O)c2ccccc2C)[C@@H](CO)O1. The number of sulfonamides is 2. The van der Waals surface area contributed by atoms with Crippen LogP contribution < -0.4 is 9.44 Å². The monoisotopic (exact) mass is 482 g/mol. The van der Waals surface area contributed by atoms with Crippen LogP contribution in [0, 0.1) is 13.8 Å². The van der Waals surface area contributed by atoms with E-state index in [-0.39, 0.29) is 29.0 Å². The molecule has 2 aromatic carbocycles. The average molecular weight is 483 g/mol. The van der Waals surface area contributed by atoms with E-state index in [0.29, 0.717) is 30.4 Å². The molecule has 1 aliphatic heterocycles. The molecule has 0 unspecified atom stereocenters. The average Bonchev–Trinajstić information content (AvgIpc) is 2.74. The Morgan fingerprint density at radius 2 is 1.47 bits per heavy atom. The first kappa shape index (κ1) is 24.8. The number of ether oxygens (including phenoxy) is 1. The van der Waals surface area contributed by atoms with Gasteiger partial charge in [-0.25, -0.2) is 26.3 Å². The van der Waals surface area contributed by atoms with Gasteiger partial charge in [-0.05, 0) is 56.4 Å². The van der Waals surface area contributed by atoms with E-state index in [1.807, 2.05) is 0 Å². The second-order valence-electron chi connectivity index (χ2n) is 8.00. The van der Waals surface area contributed by atoms with Gasteiger partial charge in [0.05, 0.1) is 34.6 Å². The molecule has 0 bridgehead atoms. The molecule has 1 fully saturated rings. The Labute approximate surface area is 190 Å². The third-order valence-electron chi connectivity index (χ3n) is 5.63. The van der Waals surface area contributed by atoms with E-state index in [4.69, 9.17) is 4.74 Å². The topological polar surface area (TPSA) is 122 Å². The van der Waals surface area contributed by atoms with Crippen molar-refractivity contribution in [1.29, 1.82) is 0 Å². The number of aliphatic hydroxyl groups excluding tert-OH is 1. The van der Waals surface area contributed by atoms with Crippen LogP contribution in [0.15, 0.2) is 58.3 Å². The molecule has 176 valence electrons. The van der Waals surface area contributed by atoms with Crippen LogP contribution in [0.25, 0.3) is 0 Å². The highest BCUT2D eigenvalue weighted by atomic mass is 32.2. The number of nitrogens with one attached hydrogen (secondary N) is 2. The Morgan fingerprint density at radius 3 is 2.03 bits per heavy atom. The zero-order valence-electron chi connectivity index (χ0n) is 18.2. The minimum atomic E-state index is -3.75. The molecule has 0 spiro atoms. The number of hydrogen-bond donors (Lipinski definition) is 3. The van der Waals surface area contributed by atoms with Crippen LogP contribution in [-0.4, -0.2) is 53.3 Å². The van der Waals surface area contributed by atoms with Gasteiger partial charge in [0, 0.05) is 6.54 Å². The van der Waals surface area contributed by atoms with Crippen LogP contribution in [0.5, 0.6) is 0 Å². The first-order valence-corrected chi connectivity index (χ1v) is 13.5. The van der Waals surface area contributed by atoms with E-state index < -0.39 is 32.2 Å². The van der Waals surface area contributed by atoms with Gasteiger partial charge < -0.3 is 9.84 Å². The van der Waals surface area contributed by atoms with Gasteiger partial charge in [-0.2, -0.15) is 0 Å². The van der Waals surface area contributed by atoms with Gasteiger partial charge in [-0.1, -0.05) is 36.4 Å². The number of benzene rings is 2. The fourth-order valence-electron chi connectivity index (χ4n) is 3.89. The molecule has 3 rings (SSSR count). The van der Waals surface area contributed by atoms with Crippen molar-refractivity contribution >= 4 is 20.0 Å². The van der Waals surface area contributed by atoms with Crippen molar-refractivity contribution in [3.63, 3.8) is 0 Å². The Balaban J connectivity index is 1.57. The van der Waals surface area contributed by atoms with Gasteiger partial charge in [-0.15, -0.1) is 0 Å². The summed E-state index contributed by atoms with van der Waals surface area (Å²) in [5.41, 5.74) is 1.30. The molecule has 0 aromatic heterocycles. The zero-order chi connectivity index (χ0) is 23.4. The van der Waals surface area contributed by atoms with Gasteiger partial charge in [0.2, 0.25) is 20.0 Å². The minimum absolute atomic E-state index is 0.180. The summed E-state index contributed by atoms with van der Waals surface area (Å²) in [6, 6.07) is 12.9. The largest absolute Gasteiger partial charge is 0.394 e. The predicted octanol–water partition coefficient (Wildman–Crippen LogP) is 1.86. The molecule has 1 aliphatic rings. The number of hydrogen-bond acceptors (Lipinski definition) is 6. The summed E-state index contributed by atoms with van der Waals surface area (Å²) in [4.78, 5) is 0.438. The third kappa shape index (κ3) is 5.94. The molecule has 0 radical (unpaired) electrons. The molecule has 8 nitrogen and oxygen atoms in total. The van der Waals surface area contributed by atoms with Crippen molar-refractivity contribution in [2.75, 3.05) is 13.2 Å². The highest BCUT2D eigenvalue weighted by molar-refractivity contribution is 7.89. The maximum Gasteiger partial charge on any atom is 0.241 e. The lowest BCUT2D eigenvalue weighted by atomic mass is 9.98. The molecule has 2 aromatic rings. The summed E-state index contributed by atoms with van der Waals surface area (Å²) >= 11 is 0. The normalized spacial score (nSPS) is 22.0. The second kappa shape index (κ2) is 10.4. The first-order valence-electron chi connectivity index (χ1n) is 10.5. The van der Waals surface area contributed by atoms with Crippen molar-refractivity contribution in [3.8, 4) is 0 Å². The fraction of sp³-hybridized carbons (Fsp3) is 0.455. The summed E-state index contributed by atoms with van der Waals surface area (Å²) in [5, 5.41) is 9.76. The van der Waals surface area contributed by atoms with E-state index in [0.717, 1.165) is 0 Å². The minimum Gasteiger partial charge on any atom is -0.394 e. The second-order valence-corrected chi connectivity index (χ2v) is 11.4. The third-order valence-corrected chi connectivity index (χ3v) is 8.90. The van der Waals surface area contributed by atoms with E-state index in [9.17, 15) is 21.9 Å². The van der Waals surface area contributed by atoms with Gasteiger partial charge >= 0.3 is 0 Å². The lowest BCUT2D eigenvalue weighted by Gasteiger charge is -2.36. The lowest BCUT2D eigenvalue weighted by molar-refractivity contribution is -0.0869. The molecular formula is C22H30N2O6S2. The van der Waals surface area contributed by atoms with Crippen molar-refractivity contribution in [2.24, 2.45) is 0 Å². The highest BCUT2D eigenvalue weighted by Gasteiger charge is 2.34. The quantitative estimate of drug-likeness (QED) is 0.502. The van der Waals surface area contributed by atoms with Gasteiger partial charge in [-0.3, -0.25) is 0 Å². The molecule has 1 saturated heterocycles. The Morgan fingerprint density at radius 1 is 0.906 bits per heavy atom. The number of aliphatic hydroxyl groups is 1. The van der Waals surface area contributed by atoms with Crippen LogP contribution in [0.1, 0.15) is 30.4 Å². The Bertz CT molecular complexity index is 1130. The Hall–Kier alpha value is -1.82. The van der Waals surface area contributed by atoms with E-state index in [2.05, 4.69) is 9.44 Å². The summed E-state index contributed by atoms with van der Waals surface area (Å²) < 4.78 is 61.7. The van der Waals surface area contributed by atoms with Crippen LogP contribution in [0.2, 0.25) is 0 Å². The molecule has 32 heavy (non-hydrogen) atoms. The molecule has 3 atom stereocenters. The zero-order valence-corrected chi connectivity index (χ0v) is 19.8. The van der Waals surface area contributed by atoms with Crippen LogP contribution in [-0.2, 0) is 24.8 Å². The lowest BCUT2D eigenvalue weighted by Crippen LogP contribution is -2.51. The summed E-state index contributed by atoms with van der Waals surface area (Å²) in [6.07, 6.45) is 0.444. The molecule has 0 amide bonds. The van der Waals surface area contributed by atoms with Crippen molar-refractivity contribution in [2.45, 2.75) is 61.2 Å². The van der Waals surface area contributed by atoms with Crippen molar-refractivity contribution in [1.82, 2.24) is 9.44 Å². The van der Waals surface area contributed by atoms with E-state index in [1.54, 1.807) is 62.4 Å². The smallest absolute Gasteiger partial charge is 0.241 e. The van der Waals surface area contributed by atoms with Crippen LogP contribution in [0.4, 0.5) is 0 Å². The molecule has 1 heterocycles. The van der Waals surface area contributed by atoms with Crippen molar-refractivity contribution in [3.05, 3.63) is 59.7 Å². The van der Waals surface area contributed by atoms with Crippen molar-refractivity contribution < 1.29 is 26.7 Å². The maximum atomic E-state index is 12.8. The van der Waals surface area contributed by atoms with E-state index in [1.165, 1.54) is 0 Å². The summed E-state index contributed by atoms with van der Waals surface area (Å²) in [6.45, 7) is 3.30. The summed E-state index contributed by atoms with van der Waals surface area (Å²) in [7, 11) is -7.38. The molecule has 0 saturated carbocycles. The Kier molecular flexibility index (Phi) is 8.07. The first-order chi connectivity index (χ1) is 15.1. The van der Waals surface area contributed by atoms with Gasteiger partial charge in [0.15, 0.2) is 0 Å². The highest BCUT2D eigenvalue weighted by Crippen LogP contribution is 2.24. The van der Waals surface area contributed by atoms with Gasteiger partial charge in [0.1, 0.15) is 0 Å². The predicted molar refractivity (Wildman–Crippen MR) is 121 cm³/mol. The summed E-state index contributed by atoms with van der Waals surface area (Å²) in [5.74, 6) is 0. The maximum absolute atomic E-state index is 12.8. The molecule has 3 N–H and O–H groups in total.